The second kappa shape index (κ2) is 7.73. The highest BCUT2D eigenvalue weighted by atomic mass is 79.9. The zero-order valence-electron chi connectivity index (χ0n) is 6.72. The molecule has 0 aliphatic heterocycles. The van der Waals surface area contributed by atoms with E-state index in [0.29, 0.717) is 6.42 Å². The van der Waals surface area contributed by atoms with Crippen LogP contribution in [0.15, 0.2) is 24.3 Å². The first kappa shape index (κ1) is 10.6. The van der Waals surface area contributed by atoms with Crippen LogP contribution in [0, 0.1) is 0 Å². The topological polar surface area (TPSA) is 17.1 Å². The van der Waals surface area contributed by atoms with Gasteiger partial charge in [0.25, 0.3) is 0 Å². The van der Waals surface area contributed by atoms with Crippen molar-refractivity contribution in [3.8, 4) is 0 Å². The average Bonchev–Trinajstić information content (AvgIpc) is 1.99. The van der Waals surface area contributed by atoms with E-state index in [9.17, 15) is 4.79 Å². The van der Waals surface area contributed by atoms with Gasteiger partial charge in [-0.25, -0.2) is 0 Å². The van der Waals surface area contributed by atoms with Crippen molar-refractivity contribution in [2.24, 2.45) is 0 Å². The molecule has 0 spiro atoms. The van der Waals surface area contributed by atoms with Crippen molar-refractivity contribution in [3.05, 3.63) is 24.3 Å². The van der Waals surface area contributed by atoms with Crippen LogP contribution in [0.2, 0.25) is 0 Å². The summed E-state index contributed by atoms with van der Waals surface area (Å²) in [7, 11) is 0. The molecule has 0 aliphatic rings. The van der Waals surface area contributed by atoms with Gasteiger partial charge in [0.05, 0.1) is 0 Å². The molecule has 0 aromatic rings. The summed E-state index contributed by atoms with van der Waals surface area (Å²) in [4.78, 5) is 10.9. The molecular formula is C9H13BrO. The summed E-state index contributed by atoms with van der Waals surface area (Å²) in [5, 5.41) is 0.866. The number of ketones is 1. The molecule has 0 radical (unpaired) electrons. The maximum Gasteiger partial charge on any atom is 0.155 e. The van der Waals surface area contributed by atoms with Gasteiger partial charge in [-0.05, 0) is 19.4 Å². The van der Waals surface area contributed by atoms with Crippen molar-refractivity contribution in [3.63, 3.8) is 0 Å². The summed E-state index contributed by atoms with van der Waals surface area (Å²) >= 11 is 3.26. The van der Waals surface area contributed by atoms with E-state index in [1.165, 1.54) is 0 Å². The van der Waals surface area contributed by atoms with Crippen molar-refractivity contribution >= 4 is 21.7 Å². The zero-order valence-corrected chi connectivity index (χ0v) is 8.30. The van der Waals surface area contributed by atoms with Gasteiger partial charge in [-0.2, -0.15) is 0 Å². The van der Waals surface area contributed by atoms with Crippen LogP contribution in [-0.2, 0) is 4.79 Å². The fraction of sp³-hybridized carbons (Fsp3) is 0.444. The fourth-order valence-corrected chi connectivity index (χ4v) is 0.940. The van der Waals surface area contributed by atoms with Gasteiger partial charge >= 0.3 is 0 Å². The van der Waals surface area contributed by atoms with Gasteiger partial charge in [0.1, 0.15) is 0 Å². The van der Waals surface area contributed by atoms with Crippen LogP contribution < -0.4 is 0 Å². The average molecular weight is 217 g/mol. The van der Waals surface area contributed by atoms with Crippen molar-refractivity contribution in [2.45, 2.75) is 19.8 Å². The minimum absolute atomic E-state index is 0.201. The van der Waals surface area contributed by atoms with E-state index < -0.39 is 0 Å². The number of hydrogen-bond donors (Lipinski definition) is 0. The molecule has 2 heteroatoms. The molecule has 0 aromatic heterocycles. The van der Waals surface area contributed by atoms with Crippen LogP contribution in [0.4, 0.5) is 0 Å². The molecule has 0 N–H and O–H groups in total. The van der Waals surface area contributed by atoms with Gasteiger partial charge in [-0.1, -0.05) is 34.2 Å². The van der Waals surface area contributed by atoms with Crippen molar-refractivity contribution in [1.82, 2.24) is 0 Å². The van der Waals surface area contributed by atoms with E-state index in [1.54, 1.807) is 12.2 Å². The molecule has 11 heavy (non-hydrogen) atoms. The highest BCUT2D eigenvalue weighted by Crippen LogP contribution is 1.94. The number of rotatable bonds is 5. The van der Waals surface area contributed by atoms with Crippen LogP contribution in [0.1, 0.15) is 19.8 Å². The van der Waals surface area contributed by atoms with Crippen LogP contribution >= 0.6 is 15.9 Å². The normalized spacial score (nSPS) is 11.5. The highest BCUT2D eigenvalue weighted by molar-refractivity contribution is 9.09. The van der Waals surface area contributed by atoms with Crippen LogP contribution in [0.5, 0.6) is 0 Å². The molecule has 0 rings (SSSR count). The summed E-state index contributed by atoms with van der Waals surface area (Å²) in [5.41, 5.74) is 0. The van der Waals surface area contributed by atoms with Gasteiger partial charge in [0.15, 0.2) is 5.78 Å². The first-order valence-corrected chi connectivity index (χ1v) is 4.80. The molecular weight excluding hydrogens is 204 g/mol. The second-order valence-electron chi connectivity index (χ2n) is 2.13. The Morgan fingerprint density at radius 2 is 2.18 bits per heavy atom. The van der Waals surface area contributed by atoms with Gasteiger partial charge in [-0.15, -0.1) is 0 Å². The Labute approximate surface area is 76.3 Å². The molecule has 0 bridgehead atoms. The molecule has 0 amide bonds. The summed E-state index contributed by atoms with van der Waals surface area (Å²) in [6.45, 7) is 1.85. The van der Waals surface area contributed by atoms with E-state index >= 15 is 0 Å². The lowest BCUT2D eigenvalue weighted by Crippen LogP contribution is -1.89. The van der Waals surface area contributed by atoms with Crippen molar-refractivity contribution in [1.29, 1.82) is 0 Å². The highest BCUT2D eigenvalue weighted by Gasteiger charge is 1.91. The fourth-order valence-electron chi connectivity index (χ4n) is 0.676. The Morgan fingerprint density at radius 1 is 1.45 bits per heavy atom. The van der Waals surface area contributed by atoms with E-state index in [-0.39, 0.29) is 5.78 Å². The Morgan fingerprint density at radius 3 is 2.73 bits per heavy atom. The first-order chi connectivity index (χ1) is 5.31. The van der Waals surface area contributed by atoms with Crippen molar-refractivity contribution < 1.29 is 4.79 Å². The van der Waals surface area contributed by atoms with Crippen molar-refractivity contribution in [2.75, 3.05) is 5.33 Å². The lowest BCUT2D eigenvalue weighted by atomic mass is 10.2. The minimum atomic E-state index is 0.201. The molecule has 0 aromatic carbocycles. The van der Waals surface area contributed by atoms with Crippen LogP contribution in [-0.4, -0.2) is 11.1 Å². The summed E-state index contributed by atoms with van der Waals surface area (Å²) in [6.07, 6.45) is 8.86. The third kappa shape index (κ3) is 7.53. The van der Waals surface area contributed by atoms with Gasteiger partial charge < -0.3 is 0 Å². The maximum absolute atomic E-state index is 10.9. The van der Waals surface area contributed by atoms with Gasteiger partial charge in [0, 0.05) is 11.8 Å². The van der Waals surface area contributed by atoms with E-state index in [2.05, 4.69) is 15.9 Å². The molecule has 0 saturated carbocycles. The molecule has 0 aliphatic carbocycles. The molecule has 62 valence electrons. The van der Waals surface area contributed by atoms with E-state index in [4.69, 9.17) is 0 Å². The number of hydrogen-bond acceptors (Lipinski definition) is 1. The molecule has 1 nitrogen and oxygen atoms in total. The second-order valence-corrected chi connectivity index (χ2v) is 2.78. The largest absolute Gasteiger partial charge is 0.295 e. The summed E-state index contributed by atoms with van der Waals surface area (Å²) < 4.78 is 0. The number of carbonyl (C=O) groups is 1. The van der Waals surface area contributed by atoms with E-state index in [0.717, 1.165) is 11.8 Å². The summed E-state index contributed by atoms with van der Waals surface area (Å²) in [6, 6.07) is 0. The molecule has 0 heterocycles. The van der Waals surface area contributed by atoms with Crippen LogP contribution in [0.3, 0.4) is 0 Å². The number of carbonyl (C=O) groups excluding carboxylic acids is 1. The Bertz CT molecular complexity index is 159. The Hall–Kier alpha value is -0.370. The molecule has 0 saturated heterocycles. The third-order valence-corrected chi connectivity index (χ3v) is 1.54. The first-order valence-electron chi connectivity index (χ1n) is 3.67. The zero-order chi connectivity index (χ0) is 8.53. The Balaban J connectivity index is 3.39. The number of halogens is 1. The third-order valence-electron chi connectivity index (χ3n) is 1.17. The monoisotopic (exact) mass is 216 g/mol. The lowest BCUT2D eigenvalue weighted by Gasteiger charge is -1.88. The van der Waals surface area contributed by atoms with E-state index in [1.807, 2.05) is 19.1 Å². The predicted octanol–water partition coefficient (Wildman–Crippen LogP) is 2.86. The smallest absolute Gasteiger partial charge is 0.155 e. The maximum atomic E-state index is 10.9. The lowest BCUT2D eigenvalue weighted by molar-refractivity contribution is -0.114. The number of allylic oxidation sites excluding steroid dienone is 4. The number of alkyl halides is 1. The molecule has 0 unspecified atom stereocenters. The SMILES string of the molecule is C/C=C/C(=O)CC/C=C/CBr. The Kier molecular flexibility index (Phi) is 7.47. The van der Waals surface area contributed by atoms with Gasteiger partial charge in [0.2, 0.25) is 0 Å². The van der Waals surface area contributed by atoms with Crippen LogP contribution in [0.25, 0.3) is 0 Å². The quantitative estimate of drug-likeness (QED) is 0.393. The minimum Gasteiger partial charge on any atom is -0.295 e. The summed E-state index contributed by atoms with van der Waals surface area (Å²) in [5.74, 6) is 0.201. The van der Waals surface area contributed by atoms with Gasteiger partial charge in [-0.3, -0.25) is 4.79 Å². The standard InChI is InChI=1S/C9H13BrO/c1-2-6-9(11)7-4-3-5-8-10/h2-3,5-6H,4,7-8H2,1H3/b5-3+,6-2+. The predicted molar refractivity (Wildman–Crippen MR) is 52.0 cm³/mol. The molecule has 0 fully saturated rings. The molecule has 0 atom stereocenters.